The van der Waals surface area contributed by atoms with E-state index >= 15 is 0 Å². The Bertz CT molecular complexity index is 268. The number of thioether (sulfide) groups is 1. The van der Waals surface area contributed by atoms with Crippen molar-refractivity contribution >= 4 is 11.8 Å². The molecule has 2 rings (SSSR count). The second kappa shape index (κ2) is 4.15. The molecule has 0 radical (unpaired) electrons. The van der Waals surface area contributed by atoms with E-state index in [1.165, 1.54) is 18.6 Å². The average Bonchev–Trinajstić information content (AvgIpc) is 2.67. The van der Waals surface area contributed by atoms with E-state index in [0.717, 1.165) is 11.4 Å². The molecule has 0 amide bonds. The molecule has 2 heterocycles. The number of aliphatic hydroxyl groups excluding tert-OH is 1. The third-order valence-electron chi connectivity index (χ3n) is 2.28. The molecule has 3 nitrogen and oxygen atoms in total. The maximum Gasteiger partial charge on any atom is 0.219 e. The van der Waals surface area contributed by atoms with Gasteiger partial charge in [-0.05, 0) is 18.6 Å². The summed E-state index contributed by atoms with van der Waals surface area (Å²) in [5.41, 5.74) is 1.01. The Morgan fingerprint density at radius 1 is 1.69 bits per heavy atom. The highest BCUT2D eigenvalue weighted by atomic mass is 32.2. The van der Waals surface area contributed by atoms with Gasteiger partial charge in [-0.3, -0.25) is 0 Å². The van der Waals surface area contributed by atoms with Gasteiger partial charge in [-0.1, -0.05) is 0 Å². The van der Waals surface area contributed by atoms with Crippen molar-refractivity contribution in [2.45, 2.75) is 25.4 Å². The van der Waals surface area contributed by atoms with Crippen LogP contribution in [0.2, 0.25) is 0 Å². The summed E-state index contributed by atoms with van der Waals surface area (Å²) in [6, 6.07) is 0. The summed E-state index contributed by atoms with van der Waals surface area (Å²) in [6.45, 7) is -0.0974. The van der Waals surface area contributed by atoms with Gasteiger partial charge in [0.05, 0.1) is 5.69 Å². The van der Waals surface area contributed by atoms with Gasteiger partial charge in [-0.2, -0.15) is 11.8 Å². The van der Waals surface area contributed by atoms with Gasteiger partial charge >= 0.3 is 0 Å². The summed E-state index contributed by atoms with van der Waals surface area (Å²) in [4.78, 5) is 4.22. The smallest absolute Gasteiger partial charge is 0.219 e. The molecule has 1 aromatic heterocycles. The molecular formula is C9H13NO2S. The lowest BCUT2D eigenvalue weighted by molar-refractivity contribution is 0.240. The van der Waals surface area contributed by atoms with E-state index in [9.17, 15) is 0 Å². The standard InChI is InChI=1S/C9H13NO2S/c11-4-9-10-8(5-12-9)7-2-1-3-13-6-7/h5,7,11H,1-4,6H2. The first-order chi connectivity index (χ1) is 6.40. The Morgan fingerprint density at radius 2 is 2.62 bits per heavy atom. The van der Waals surface area contributed by atoms with Crippen molar-refractivity contribution in [3.8, 4) is 0 Å². The monoisotopic (exact) mass is 199 g/mol. The van der Waals surface area contributed by atoms with Crippen molar-refractivity contribution in [3.63, 3.8) is 0 Å². The SMILES string of the molecule is OCc1nc(C2CCCSC2)co1. The zero-order valence-corrected chi connectivity index (χ0v) is 8.22. The predicted octanol–water partition coefficient (Wildman–Crippen LogP) is 1.78. The molecule has 0 bridgehead atoms. The van der Waals surface area contributed by atoms with E-state index in [0.29, 0.717) is 11.8 Å². The van der Waals surface area contributed by atoms with Crippen LogP contribution in [0, 0.1) is 0 Å². The van der Waals surface area contributed by atoms with Crippen LogP contribution in [-0.2, 0) is 6.61 Å². The second-order valence-electron chi connectivity index (χ2n) is 3.24. The summed E-state index contributed by atoms with van der Waals surface area (Å²) >= 11 is 1.97. The van der Waals surface area contributed by atoms with Crippen molar-refractivity contribution in [1.82, 2.24) is 4.98 Å². The van der Waals surface area contributed by atoms with Crippen molar-refractivity contribution in [3.05, 3.63) is 17.8 Å². The Balaban J connectivity index is 2.05. The molecule has 4 heteroatoms. The van der Waals surface area contributed by atoms with Crippen LogP contribution in [0.1, 0.15) is 30.3 Å². The summed E-state index contributed by atoms with van der Waals surface area (Å²) in [6.07, 6.45) is 4.14. The first-order valence-corrected chi connectivity index (χ1v) is 5.68. The fourth-order valence-corrected chi connectivity index (χ4v) is 2.72. The molecular weight excluding hydrogens is 186 g/mol. The number of aliphatic hydroxyl groups is 1. The zero-order chi connectivity index (χ0) is 9.10. The lowest BCUT2D eigenvalue weighted by atomic mass is 10.0. The average molecular weight is 199 g/mol. The van der Waals surface area contributed by atoms with E-state index in [2.05, 4.69) is 4.98 Å². The fourth-order valence-electron chi connectivity index (χ4n) is 1.56. The van der Waals surface area contributed by atoms with Gasteiger partial charge in [0.15, 0.2) is 0 Å². The molecule has 1 fully saturated rings. The summed E-state index contributed by atoms with van der Waals surface area (Å²) in [5, 5.41) is 8.79. The Hall–Kier alpha value is -0.480. The highest BCUT2D eigenvalue weighted by molar-refractivity contribution is 7.99. The van der Waals surface area contributed by atoms with Crippen LogP contribution < -0.4 is 0 Å². The lowest BCUT2D eigenvalue weighted by Gasteiger charge is -2.18. The van der Waals surface area contributed by atoms with Gasteiger partial charge in [0.2, 0.25) is 5.89 Å². The molecule has 1 saturated heterocycles. The summed E-state index contributed by atoms with van der Waals surface area (Å²) in [7, 11) is 0. The number of oxazole rings is 1. The topological polar surface area (TPSA) is 46.3 Å². The third kappa shape index (κ3) is 2.06. The minimum absolute atomic E-state index is 0.0974. The van der Waals surface area contributed by atoms with Crippen LogP contribution in [0.3, 0.4) is 0 Å². The number of rotatable bonds is 2. The Morgan fingerprint density at radius 3 is 3.23 bits per heavy atom. The third-order valence-corrected chi connectivity index (χ3v) is 3.50. The molecule has 0 spiro atoms. The van der Waals surface area contributed by atoms with Crippen molar-refractivity contribution < 1.29 is 9.52 Å². The van der Waals surface area contributed by atoms with Crippen molar-refractivity contribution in [2.24, 2.45) is 0 Å². The highest BCUT2D eigenvalue weighted by Crippen LogP contribution is 2.30. The van der Waals surface area contributed by atoms with Crippen molar-refractivity contribution in [2.75, 3.05) is 11.5 Å². The van der Waals surface area contributed by atoms with E-state index in [1.807, 2.05) is 11.8 Å². The molecule has 0 saturated carbocycles. The van der Waals surface area contributed by atoms with Crippen LogP contribution in [0.5, 0.6) is 0 Å². The molecule has 0 aromatic carbocycles. The Kier molecular flexibility index (Phi) is 2.90. The molecule has 72 valence electrons. The molecule has 13 heavy (non-hydrogen) atoms. The first-order valence-electron chi connectivity index (χ1n) is 4.53. The normalized spacial score (nSPS) is 23.3. The van der Waals surface area contributed by atoms with Crippen molar-refractivity contribution in [1.29, 1.82) is 0 Å². The van der Waals surface area contributed by atoms with Gasteiger partial charge in [0, 0.05) is 11.7 Å². The molecule has 1 unspecified atom stereocenters. The van der Waals surface area contributed by atoms with Crippen LogP contribution >= 0.6 is 11.8 Å². The Labute approximate surface area is 81.5 Å². The first kappa shape index (κ1) is 9.09. The quantitative estimate of drug-likeness (QED) is 0.788. The maximum atomic E-state index is 8.79. The van der Waals surface area contributed by atoms with E-state index < -0.39 is 0 Å². The highest BCUT2D eigenvalue weighted by Gasteiger charge is 2.19. The maximum absolute atomic E-state index is 8.79. The van der Waals surface area contributed by atoms with Gasteiger partial charge in [-0.15, -0.1) is 0 Å². The van der Waals surface area contributed by atoms with Crippen LogP contribution in [0.25, 0.3) is 0 Å². The van der Waals surface area contributed by atoms with E-state index in [-0.39, 0.29) is 6.61 Å². The lowest BCUT2D eigenvalue weighted by Crippen LogP contribution is -2.08. The molecule has 1 atom stereocenters. The van der Waals surface area contributed by atoms with E-state index in [4.69, 9.17) is 9.52 Å². The van der Waals surface area contributed by atoms with Crippen LogP contribution in [-0.4, -0.2) is 21.6 Å². The zero-order valence-electron chi connectivity index (χ0n) is 7.40. The molecule has 0 aliphatic carbocycles. The van der Waals surface area contributed by atoms with E-state index in [1.54, 1.807) is 6.26 Å². The minimum Gasteiger partial charge on any atom is -0.446 e. The fraction of sp³-hybridized carbons (Fsp3) is 0.667. The minimum atomic E-state index is -0.0974. The summed E-state index contributed by atoms with van der Waals surface area (Å²) in [5.74, 6) is 3.37. The molecule has 1 aliphatic heterocycles. The molecule has 1 aliphatic rings. The van der Waals surface area contributed by atoms with Crippen LogP contribution in [0.15, 0.2) is 10.7 Å². The number of nitrogens with zero attached hydrogens (tertiary/aromatic N) is 1. The molecule has 1 N–H and O–H groups in total. The van der Waals surface area contributed by atoms with Crippen LogP contribution in [0.4, 0.5) is 0 Å². The second-order valence-corrected chi connectivity index (χ2v) is 4.39. The summed E-state index contributed by atoms with van der Waals surface area (Å²) < 4.78 is 5.10. The predicted molar refractivity (Wildman–Crippen MR) is 51.7 cm³/mol. The number of aromatic nitrogens is 1. The van der Waals surface area contributed by atoms with Gasteiger partial charge in [0.1, 0.15) is 12.9 Å². The van der Waals surface area contributed by atoms with Gasteiger partial charge in [0.25, 0.3) is 0 Å². The van der Waals surface area contributed by atoms with Gasteiger partial charge in [-0.25, -0.2) is 4.98 Å². The van der Waals surface area contributed by atoms with Gasteiger partial charge < -0.3 is 9.52 Å². The number of hydrogen-bond acceptors (Lipinski definition) is 4. The molecule has 1 aromatic rings. The largest absolute Gasteiger partial charge is 0.446 e. The number of hydrogen-bond donors (Lipinski definition) is 1.